The Morgan fingerprint density at radius 1 is 0.761 bits per heavy atom. The topological polar surface area (TPSA) is 86.8 Å². The lowest BCUT2D eigenvalue weighted by Gasteiger charge is -2.34. The Labute approximate surface area is 290 Å². The van der Waals surface area contributed by atoms with Gasteiger partial charge in [-0.3, -0.25) is 13.9 Å². The summed E-state index contributed by atoms with van der Waals surface area (Å²) in [5.41, 5.74) is 1.55. The van der Waals surface area contributed by atoms with E-state index in [0.717, 1.165) is 9.87 Å². The molecule has 0 bridgehead atoms. The average Bonchev–Trinajstić information content (AvgIpc) is 3.05. The fraction of sp³-hybridized carbons (Fsp3) is 0.235. The Balaban J connectivity index is 1.83. The first-order valence-electron chi connectivity index (χ1n) is 14.5. The fourth-order valence-corrected chi connectivity index (χ4v) is 6.76. The van der Waals surface area contributed by atoms with Gasteiger partial charge >= 0.3 is 0 Å². The van der Waals surface area contributed by atoms with E-state index < -0.39 is 28.5 Å². The first kappa shape index (κ1) is 35.6. The maximum absolute atomic E-state index is 14.5. The molecule has 12 heteroatoms. The highest BCUT2D eigenvalue weighted by Gasteiger charge is 2.35. The minimum atomic E-state index is -4.28. The Bertz CT molecular complexity index is 1780. The van der Waals surface area contributed by atoms with Crippen molar-refractivity contribution in [1.82, 2.24) is 10.2 Å². The number of sulfonamides is 1. The van der Waals surface area contributed by atoms with Crippen LogP contribution in [0.1, 0.15) is 31.4 Å². The van der Waals surface area contributed by atoms with Crippen LogP contribution in [0.25, 0.3) is 0 Å². The smallest absolute Gasteiger partial charge is 0.264 e. The molecule has 4 rings (SSSR count). The number of halogens is 4. The van der Waals surface area contributed by atoms with Crippen molar-refractivity contribution in [2.75, 3.05) is 10.8 Å². The van der Waals surface area contributed by atoms with Gasteiger partial charge in [0.1, 0.15) is 12.6 Å². The molecule has 0 radical (unpaired) electrons. The molecule has 242 valence electrons. The molecule has 1 N–H and O–H groups in total. The second kappa shape index (κ2) is 16.0. The number of carbonyl (C=O) groups is 2. The van der Waals surface area contributed by atoms with Crippen LogP contribution in [0.15, 0.2) is 102 Å². The van der Waals surface area contributed by atoms with Gasteiger partial charge in [-0.05, 0) is 66.9 Å². The minimum absolute atomic E-state index is 0.0275. The normalized spacial score (nSPS) is 12.7. The maximum Gasteiger partial charge on any atom is 0.264 e. The van der Waals surface area contributed by atoms with Gasteiger partial charge in [-0.1, -0.05) is 108 Å². The molecule has 4 aromatic rings. The molecule has 0 aliphatic carbocycles. The maximum atomic E-state index is 14.5. The molecule has 0 saturated carbocycles. The first-order valence-corrected chi connectivity index (χ1v) is 17.5. The molecule has 2 amide bonds. The van der Waals surface area contributed by atoms with Crippen LogP contribution in [0.2, 0.25) is 20.1 Å². The predicted octanol–water partition coefficient (Wildman–Crippen LogP) is 8.05. The van der Waals surface area contributed by atoms with Crippen molar-refractivity contribution < 1.29 is 18.0 Å². The zero-order valence-corrected chi connectivity index (χ0v) is 29.0. The van der Waals surface area contributed by atoms with Gasteiger partial charge in [0.25, 0.3) is 10.0 Å². The number of hydrogen-bond donors (Lipinski definition) is 1. The van der Waals surface area contributed by atoms with Gasteiger partial charge in [0.15, 0.2) is 0 Å². The van der Waals surface area contributed by atoms with Gasteiger partial charge in [0.2, 0.25) is 11.8 Å². The summed E-state index contributed by atoms with van der Waals surface area (Å²) in [4.78, 5) is 29.8. The van der Waals surface area contributed by atoms with Crippen LogP contribution >= 0.6 is 46.4 Å². The lowest BCUT2D eigenvalue weighted by Crippen LogP contribution is -2.54. The summed E-state index contributed by atoms with van der Waals surface area (Å²) in [6.07, 6.45) is 0.847. The molecule has 4 aromatic carbocycles. The van der Waals surface area contributed by atoms with E-state index in [4.69, 9.17) is 46.4 Å². The number of benzene rings is 4. The third kappa shape index (κ3) is 8.96. The number of nitrogens with zero attached hydrogens (tertiary/aromatic N) is 2. The summed E-state index contributed by atoms with van der Waals surface area (Å²) in [5, 5.41) is 3.95. The van der Waals surface area contributed by atoms with Crippen LogP contribution in [-0.4, -0.2) is 43.8 Å². The summed E-state index contributed by atoms with van der Waals surface area (Å²) >= 11 is 25.0. The van der Waals surface area contributed by atoms with Crippen LogP contribution < -0.4 is 9.62 Å². The van der Waals surface area contributed by atoms with Crippen LogP contribution in [0, 0.1) is 0 Å². The highest BCUT2D eigenvalue weighted by Crippen LogP contribution is 2.31. The first-order chi connectivity index (χ1) is 21.9. The van der Waals surface area contributed by atoms with Crippen molar-refractivity contribution in [2.45, 2.75) is 50.2 Å². The van der Waals surface area contributed by atoms with Gasteiger partial charge in [-0.15, -0.1) is 0 Å². The van der Waals surface area contributed by atoms with Gasteiger partial charge < -0.3 is 10.2 Å². The van der Waals surface area contributed by atoms with E-state index in [0.29, 0.717) is 17.0 Å². The number of anilines is 1. The zero-order valence-electron chi connectivity index (χ0n) is 25.2. The van der Waals surface area contributed by atoms with E-state index in [1.165, 1.54) is 35.2 Å². The molecular weight excluding hydrogens is 688 g/mol. The van der Waals surface area contributed by atoms with Crippen LogP contribution in [-0.2, 0) is 32.6 Å². The minimum Gasteiger partial charge on any atom is -0.352 e. The Hall–Kier alpha value is -3.27. The highest BCUT2D eigenvalue weighted by molar-refractivity contribution is 7.92. The summed E-state index contributed by atoms with van der Waals surface area (Å²) in [6, 6.07) is 25.1. The van der Waals surface area contributed by atoms with E-state index in [1.54, 1.807) is 36.4 Å². The SMILES string of the molecule is CC[C@H](C)NC(=O)[C@@H](Cc1ccccc1)N(Cc1ccc(Cl)c(Cl)c1)C(=O)CN(c1ccc(Cl)c(Cl)c1)S(=O)(=O)c1ccccc1. The average molecular weight is 722 g/mol. The van der Waals surface area contributed by atoms with Crippen LogP contribution in [0.5, 0.6) is 0 Å². The second-order valence-corrected chi connectivity index (χ2v) is 14.2. The summed E-state index contributed by atoms with van der Waals surface area (Å²) < 4.78 is 29.1. The van der Waals surface area contributed by atoms with E-state index in [1.807, 2.05) is 44.2 Å². The number of amides is 2. The zero-order chi connectivity index (χ0) is 33.4. The molecule has 0 aliphatic rings. The number of rotatable bonds is 13. The fourth-order valence-electron chi connectivity index (χ4n) is 4.72. The quantitative estimate of drug-likeness (QED) is 0.152. The van der Waals surface area contributed by atoms with Gasteiger partial charge in [0, 0.05) is 19.0 Å². The van der Waals surface area contributed by atoms with Crippen molar-refractivity contribution in [3.63, 3.8) is 0 Å². The Morgan fingerprint density at radius 2 is 1.35 bits per heavy atom. The summed E-state index contributed by atoms with van der Waals surface area (Å²) in [7, 11) is -4.28. The Morgan fingerprint density at radius 3 is 1.93 bits per heavy atom. The molecule has 0 unspecified atom stereocenters. The monoisotopic (exact) mass is 719 g/mol. The number of nitrogens with one attached hydrogen (secondary N) is 1. The van der Waals surface area contributed by atoms with E-state index in [9.17, 15) is 18.0 Å². The molecule has 2 atom stereocenters. The lowest BCUT2D eigenvalue weighted by molar-refractivity contribution is -0.140. The summed E-state index contributed by atoms with van der Waals surface area (Å²) in [6.45, 7) is 3.13. The standard InChI is InChI=1S/C34H33Cl4N3O4S/c1-3-23(2)39-34(43)32(19-24-10-6-4-7-11-24)40(21-25-14-16-28(35)30(37)18-25)33(42)22-41(26-15-17-29(36)31(38)20-26)46(44,45)27-12-8-5-9-13-27/h4-18,20,23,32H,3,19,21-22H2,1-2H3,(H,39,43)/t23-,32+/m0/s1. The lowest BCUT2D eigenvalue weighted by atomic mass is 10.0. The Kier molecular flexibility index (Phi) is 12.4. The molecule has 0 aromatic heterocycles. The van der Waals surface area contributed by atoms with E-state index >= 15 is 0 Å². The molecule has 0 saturated heterocycles. The highest BCUT2D eigenvalue weighted by atomic mass is 35.5. The van der Waals surface area contributed by atoms with Gasteiger partial charge in [0.05, 0.1) is 30.7 Å². The van der Waals surface area contributed by atoms with Crippen LogP contribution in [0.3, 0.4) is 0 Å². The number of carbonyl (C=O) groups excluding carboxylic acids is 2. The third-order valence-electron chi connectivity index (χ3n) is 7.41. The largest absolute Gasteiger partial charge is 0.352 e. The second-order valence-electron chi connectivity index (χ2n) is 10.7. The van der Waals surface area contributed by atoms with Crippen molar-refractivity contribution in [1.29, 1.82) is 0 Å². The van der Waals surface area contributed by atoms with Gasteiger partial charge in [-0.25, -0.2) is 8.42 Å². The van der Waals surface area contributed by atoms with Crippen molar-refractivity contribution >= 4 is 73.9 Å². The molecule has 0 spiro atoms. The van der Waals surface area contributed by atoms with Crippen molar-refractivity contribution in [2.24, 2.45) is 0 Å². The molecule has 0 heterocycles. The molecule has 46 heavy (non-hydrogen) atoms. The number of hydrogen-bond acceptors (Lipinski definition) is 4. The van der Waals surface area contributed by atoms with Gasteiger partial charge in [-0.2, -0.15) is 0 Å². The summed E-state index contributed by atoms with van der Waals surface area (Å²) in [5.74, 6) is -1.00. The van der Waals surface area contributed by atoms with Crippen molar-refractivity contribution in [3.05, 3.63) is 128 Å². The van der Waals surface area contributed by atoms with E-state index in [2.05, 4.69) is 5.32 Å². The molecular formula is C34H33Cl4N3O4S. The van der Waals surface area contributed by atoms with E-state index in [-0.39, 0.29) is 50.6 Å². The predicted molar refractivity (Wildman–Crippen MR) is 186 cm³/mol. The molecule has 7 nitrogen and oxygen atoms in total. The van der Waals surface area contributed by atoms with Crippen molar-refractivity contribution in [3.8, 4) is 0 Å². The molecule has 0 fully saturated rings. The third-order valence-corrected chi connectivity index (χ3v) is 10.7. The van der Waals surface area contributed by atoms with Crippen LogP contribution in [0.4, 0.5) is 5.69 Å². The molecule has 0 aliphatic heterocycles.